The molecule has 1 saturated heterocycles. The van der Waals surface area contributed by atoms with Crippen molar-refractivity contribution in [2.45, 2.75) is 110 Å². The zero-order valence-corrected chi connectivity index (χ0v) is 16.0. The van der Waals surface area contributed by atoms with E-state index in [1.165, 1.54) is 89.9 Å². The highest BCUT2D eigenvalue weighted by molar-refractivity contribution is 4.67. The molecule has 1 unspecified atom stereocenters. The second-order valence-electron chi connectivity index (χ2n) is 7.81. The molecular formula is C21H42O2. The fourth-order valence-corrected chi connectivity index (χ4v) is 3.08. The van der Waals surface area contributed by atoms with Crippen molar-refractivity contribution in [3.8, 4) is 0 Å². The maximum absolute atomic E-state index is 5.55. The minimum absolute atomic E-state index is 0.426. The predicted octanol–water partition coefficient (Wildman–Crippen LogP) is 6.52. The van der Waals surface area contributed by atoms with Crippen molar-refractivity contribution in [1.82, 2.24) is 0 Å². The van der Waals surface area contributed by atoms with Gasteiger partial charge in [-0.2, -0.15) is 0 Å². The molecule has 1 fully saturated rings. The van der Waals surface area contributed by atoms with E-state index in [0.717, 1.165) is 25.7 Å². The van der Waals surface area contributed by atoms with Crippen LogP contribution in [0, 0.1) is 5.92 Å². The average Bonchev–Trinajstić information content (AvgIpc) is 3.34. The first-order valence-electron chi connectivity index (χ1n) is 10.5. The average molecular weight is 327 g/mol. The molecule has 0 aromatic heterocycles. The van der Waals surface area contributed by atoms with E-state index in [4.69, 9.17) is 9.47 Å². The minimum atomic E-state index is 0.426. The molecule has 0 N–H and O–H groups in total. The predicted molar refractivity (Wildman–Crippen MR) is 100 cm³/mol. The Kier molecular flexibility index (Phi) is 14.1. The van der Waals surface area contributed by atoms with E-state index < -0.39 is 0 Å². The van der Waals surface area contributed by atoms with Crippen LogP contribution in [0.3, 0.4) is 0 Å². The highest BCUT2D eigenvalue weighted by Gasteiger charge is 2.21. The summed E-state index contributed by atoms with van der Waals surface area (Å²) >= 11 is 0. The fraction of sp³-hybridized carbons (Fsp3) is 1.00. The number of ether oxygens (including phenoxy) is 2. The van der Waals surface area contributed by atoms with Crippen molar-refractivity contribution in [2.24, 2.45) is 5.92 Å². The Morgan fingerprint density at radius 1 is 0.739 bits per heavy atom. The van der Waals surface area contributed by atoms with E-state index in [2.05, 4.69) is 13.8 Å². The maximum Gasteiger partial charge on any atom is 0.104 e. The van der Waals surface area contributed by atoms with E-state index >= 15 is 0 Å². The lowest BCUT2D eigenvalue weighted by atomic mass is 10.0. The first-order valence-corrected chi connectivity index (χ1v) is 10.5. The smallest absolute Gasteiger partial charge is 0.104 e. The highest BCUT2D eigenvalue weighted by Crippen LogP contribution is 2.14. The van der Waals surface area contributed by atoms with Crippen LogP contribution in [0.2, 0.25) is 0 Å². The summed E-state index contributed by atoms with van der Waals surface area (Å²) in [6, 6.07) is 0. The van der Waals surface area contributed by atoms with Gasteiger partial charge < -0.3 is 9.47 Å². The van der Waals surface area contributed by atoms with Gasteiger partial charge in [-0.15, -0.1) is 0 Å². The molecule has 23 heavy (non-hydrogen) atoms. The number of hydrogen-bond donors (Lipinski definition) is 0. The van der Waals surface area contributed by atoms with E-state index in [1.807, 2.05) is 0 Å². The molecule has 0 spiro atoms. The Bertz CT molecular complexity index is 220. The van der Waals surface area contributed by atoms with Gasteiger partial charge in [-0.3, -0.25) is 0 Å². The first kappa shape index (κ1) is 21.0. The van der Waals surface area contributed by atoms with Gasteiger partial charge in [0.25, 0.3) is 0 Å². The summed E-state index contributed by atoms with van der Waals surface area (Å²) in [5, 5.41) is 0. The molecular weight excluding hydrogens is 284 g/mol. The summed E-state index contributed by atoms with van der Waals surface area (Å²) in [5.41, 5.74) is 0. The maximum atomic E-state index is 5.55. The van der Waals surface area contributed by atoms with Crippen LogP contribution in [0.25, 0.3) is 0 Å². The Morgan fingerprint density at radius 3 is 1.61 bits per heavy atom. The SMILES string of the molecule is CC(C)CCCCCCCCCCCCCCCOCC1CO1. The van der Waals surface area contributed by atoms with Gasteiger partial charge >= 0.3 is 0 Å². The van der Waals surface area contributed by atoms with Crippen molar-refractivity contribution in [3.05, 3.63) is 0 Å². The van der Waals surface area contributed by atoms with E-state index in [1.54, 1.807) is 0 Å². The van der Waals surface area contributed by atoms with Crippen LogP contribution in [-0.2, 0) is 9.47 Å². The molecule has 0 aromatic rings. The summed E-state index contributed by atoms with van der Waals surface area (Å²) in [5.74, 6) is 0.889. The molecule has 2 nitrogen and oxygen atoms in total. The van der Waals surface area contributed by atoms with Gasteiger partial charge in [-0.25, -0.2) is 0 Å². The normalized spacial score (nSPS) is 17.1. The van der Waals surface area contributed by atoms with Crippen LogP contribution >= 0.6 is 0 Å². The summed E-state index contributed by atoms with van der Waals surface area (Å²) in [6.07, 6.45) is 20.3. The number of unbranched alkanes of at least 4 members (excludes halogenated alkanes) is 12. The lowest BCUT2D eigenvalue weighted by molar-refractivity contribution is 0.113. The molecule has 1 aliphatic rings. The lowest BCUT2D eigenvalue weighted by Gasteiger charge is -2.05. The first-order chi connectivity index (χ1) is 11.3. The van der Waals surface area contributed by atoms with Gasteiger partial charge in [0.2, 0.25) is 0 Å². The Hall–Kier alpha value is -0.0800. The van der Waals surface area contributed by atoms with Crippen molar-refractivity contribution < 1.29 is 9.47 Å². The van der Waals surface area contributed by atoms with Crippen LogP contribution in [0.5, 0.6) is 0 Å². The van der Waals surface area contributed by atoms with E-state index in [-0.39, 0.29) is 0 Å². The second kappa shape index (κ2) is 15.4. The molecule has 1 atom stereocenters. The van der Waals surface area contributed by atoms with Crippen LogP contribution in [0.4, 0.5) is 0 Å². The summed E-state index contributed by atoms with van der Waals surface area (Å²) in [7, 11) is 0. The van der Waals surface area contributed by atoms with Crippen molar-refractivity contribution in [1.29, 1.82) is 0 Å². The van der Waals surface area contributed by atoms with Crippen molar-refractivity contribution in [2.75, 3.05) is 19.8 Å². The Morgan fingerprint density at radius 2 is 1.17 bits per heavy atom. The molecule has 138 valence electrons. The van der Waals surface area contributed by atoms with Crippen LogP contribution < -0.4 is 0 Å². The molecule has 1 rings (SSSR count). The minimum Gasteiger partial charge on any atom is -0.379 e. The van der Waals surface area contributed by atoms with Gasteiger partial charge in [0, 0.05) is 6.61 Å². The topological polar surface area (TPSA) is 21.8 Å². The van der Waals surface area contributed by atoms with Gasteiger partial charge in [0.1, 0.15) is 6.10 Å². The molecule has 0 saturated carbocycles. The zero-order valence-electron chi connectivity index (χ0n) is 16.0. The van der Waals surface area contributed by atoms with Crippen LogP contribution in [0.1, 0.15) is 104 Å². The molecule has 1 aliphatic heterocycles. The monoisotopic (exact) mass is 326 g/mol. The van der Waals surface area contributed by atoms with Gasteiger partial charge in [-0.1, -0.05) is 97.3 Å². The summed E-state index contributed by atoms with van der Waals surface area (Å²) in [4.78, 5) is 0. The van der Waals surface area contributed by atoms with Gasteiger partial charge in [0.15, 0.2) is 0 Å². The molecule has 2 heteroatoms. The van der Waals surface area contributed by atoms with Crippen LogP contribution in [0.15, 0.2) is 0 Å². The second-order valence-corrected chi connectivity index (χ2v) is 7.81. The third kappa shape index (κ3) is 16.6. The molecule has 0 amide bonds. The van der Waals surface area contributed by atoms with Crippen molar-refractivity contribution in [3.63, 3.8) is 0 Å². The van der Waals surface area contributed by atoms with Gasteiger partial charge in [-0.05, 0) is 12.3 Å². The number of epoxide rings is 1. The molecule has 0 aliphatic carbocycles. The Labute approximate surface area is 145 Å². The summed E-state index contributed by atoms with van der Waals surface area (Å²) < 4.78 is 10.7. The quantitative estimate of drug-likeness (QED) is 0.211. The molecule has 0 radical (unpaired) electrons. The number of rotatable bonds is 18. The largest absolute Gasteiger partial charge is 0.379 e. The lowest BCUT2D eigenvalue weighted by Crippen LogP contribution is -2.02. The third-order valence-corrected chi connectivity index (χ3v) is 4.78. The zero-order chi connectivity index (χ0) is 16.6. The highest BCUT2D eigenvalue weighted by atomic mass is 16.6. The fourth-order valence-electron chi connectivity index (χ4n) is 3.08. The summed E-state index contributed by atoms with van der Waals surface area (Å²) in [6.45, 7) is 7.32. The Balaban J connectivity index is 1.60. The third-order valence-electron chi connectivity index (χ3n) is 4.78. The van der Waals surface area contributed by atoms with E-state index in [9.17, 15) is 0 Å². The molecule has 0 aromatic carbocycles. The standard InChI is InChI=1S/C21H42O2/c1-20(2)16-14-12-10-8-6-4-3-5-7-9-11-13-15-17-22-18-21-19-23-21/h20-21H,3-19H2,1-2H3. The molecule has 1 heterocycles. The van der Waals surface area contributed by atoms with Gasteiger partial charge in [0.05, 0.1) is 13.2 Å². The molecule has 0 bridgehead atoms. The van der Waals surface area contributed by atoms with E-state index in [0.29, 0.717) is 6.10 Å². The van der Waals surface area contributed by atoms with Crippen LogP contribution in [-0.4, -0.2) is 25.9 Å². The number of hydrogen-bond acceptors (Lipinski definition) is 2. The van der Waals surface area contributed by atoms with Crippen molar-refractivity contribution >= 4 is 0 Å².